The van der Waals surface area contributed by atoms with Crippen molar-refractivity contribution in [2.24, 2.45) is 5.92 Å². The van der Waals surface area contributed by atoms with Gasteiger partial charge < -0.3 is 10.6 Å². The molecule has 0 aliphatic carbocycles. The number of fused-ring (bicyclic) bond motifs is 1. The maximum Gasteiger partial charge on any atom is 0.330 e. The Labute approximate surface area is 193 Å². The molecule has 8 heteroatoms. The van der Waals surface area contributed by atoms with Gasteiger partial charge in [0.25, 0.3) is 11.5 Å². The van der Waals surface area contributed by atoms with Crippen LogP contribution >= 0.6 is 0 Å². The second kappa shape index (κ2) is 10.0. The van der Waals surface area contributed by atoms with E-state index < -0.39 is 11.2 Å². The van der Waals surface area contributed by atoms with E-state index in [-0.39, 0.29) is 17.4 Å². The lowest BCUT2D eigenvalue weighted by Gasteiger charge is -2.26. The van der Waals surface area contributed by atoms with E-state index >= 15 is 0 Å². The summed E-state index contributed by atoms with van der Waals surface area (Å²) < 4.78 is 1.34. The van der Waals surface area contributed by atoms with Crippen LogP contribution in [-0.2, 0) is 6.54 Å². The zero-order chi connectivity index (χ0) is 24.3. The van der Waals surface area contributed by atoms with Crippen LogP contribution in [0.15, 0.2) is 33.9 Å². The number of amides is 1. The lowest BCUT2D eigenvalue weighted by Crippen LogP contribution is -2.42. The Bertz CT molecular complexity index is 1290. The number of carbonyl (C=O) groups is 1. The number of H-pyrrole nitrogens is 1. The van der Waals surface area contributed by atoms with Crippen LogP contribution in [0.1, 0.15) is 61.6 Å². The number of benzene rings is 1. The minimum absolute atomic E-state index is 0.0107. The van der Waals surface area contributed by atoms with Crippen LogP contribution in [0.5, 0.6) is 0 Å². The fourth-order valence-electron chi connectivity index (χ4n) is 3.83. The molecular weight excluding hydrogens is 418 g/mol. The number of nitrogens with one attached hydrogen (secondary N) is 1. The molecule has 0 spiro atoms. The number of nitrogens with zero attached hydrogens (tertiary/aromatic N) is 3. The molecule has 0 atom stereocenters. The molecule has 8 nitrogen and oxygen atoms in total. The fourth-order valence-corrected chi connectivity index (χ4v) is 3.83. The van der Waals surface area contributed by atoms with E-state index in [0.29, 0.717) is 36.7 Å². The molecule has 0 saturated carbocycles. The maximum absolute atomic E-state index is 13.8. The summed E-state index contributed by atoms with van der Waals surface area (Å²) in [4.78, 5) is 47.5. The van der Waals surface area contributed by atoms with Gasteiger partial charge in [0, 0.05) is 18.5 Å². The third-order valence-corrected chi connectivity index (χ3v) is 5.79. The van der Waals surface area contributed by atoms with Crippen molar-refractivity contribution >= 4 is 28.3 Å². The molecule has 0 radical (unpaired) electrons. The van der Waals surface area contributed by atoms with Gasteiger partial charge in [-0.1, -0.05) is 38.8 Å². The zero-order valence-electron chi connectivity index (χ0n) is 20.1. The molecule has 0 aliphatic rings. The van der Waals surface area contributed by atoms with Crippen molar-refractivity contribution in [3.8, 4) is 0 Å². The molecular formula is C25H33N5O3. The number of pyridine rings is 1. The largest absolute Gasteiger partial charge is 0.383 e. The summed E-state index contributed by atoms with van der Waals surface area (Å²) in [5.74, 6) is -0.0522. The molecule has 176 valence electrons. The van der Waals surface area contributed by atoms with Crippen LogP contribution in [0.4, 0.5) is 11.5 Å². The number of nitrogens with two attached hydrogens (primary N) is 1. The molecule has 0 saturated heterocycles. The molecule has 1 aromatic carbocycles. The number of nitrogen functional groups attached to an aromatic ring is 1. The van der Waals surface area contributed by atoms with Gasteiger partial charge in [-0.3, -0.25) is 24.1 Å². The highest BCUT2D eigenvalue weighted by Crippen LogP contribution is 2.24. The highest BCUT2D eigenvalue weighted by atomic mass is 16.2. The van der Waals surface area contributed by atoms with E-state index in [1.54, 1.807) is 6.92 Å². The summed E-state index contributed by atoms with van der Waals surface area (Å²) in [5, 5.41) is 0.850. The zero-order valence-corrected chi connectivity index (χ0v) is 20.1. The summed E-state index contributed by atoms with van der Waals surface area (Å²) in [6.07, 6.45) is 2.25. The molecule has 2 aromatic heterocycles. The van der Waals surface area contributed by atoms with Crippen LogP contribution in [-0.4, -0.2) is 27.0 Å². The van der Waals surface area contributed by atoms with Gasteiger partial charge in [-0.2, -0.15) is 0 Å². The molecule has 0 aliphatic heterocycles. The first-order valence-electron chi connectivity index (χ1n) is 11.5. The Balaban J connectivity index is 2.17. The Morgan fingerprint density at radius 3 is 2.61 bits per heavy atom. The van der Waals surface area contributed by atoms with E-state index in [4.69, 9.17) is 5.73 Å². The lowest BCUT2D eigenvalue weighted by atomic mass is 10.1. The summed E-state index contributed by atoms with van der Waals surface area (Å²) in [7, 11) is 0. The standard InChI is InChI=1S/C25H33N5O3/c1-6-7-11-30-22(26)21(23(31)28-25(30)33)29(12-10-15(2)3)24(32)19-14-18-13-16(4)8-9-20(18)27-17(19)5/h8-9,13-15H,6-7,10-12,26H2,1-5H3,(H,28,31,33). The monoisotopic (exact) mass is 451 g/mol. The van der Waals surface area contributed by atoms with Crippen LogP contribution in [0, 0.1) is 19.8 Å². The minimum atomic E-state index is -0.662. The molecule has 3 rings (SSSR count). The Hall–Kier alpha value is -3.42. The number of hydrogen-bond acceptors (Lipinski definition) is 5. The Kier molecular flexibility index (Phi) is 7.36. The fraction of sp³-hybridized carbons (Fsp3) is 0.440. The van der Waals surface area contributed by atoms with Crippen LogP contribution in [0.3, 0.4) is 0 Å². The van der Waals surface area contributed by atoms with E-state index in [1.165, 1.54) is 9.47 Å². The minimum Gasteiger partial charge on any atom is -0.383 e. The predicted molar refractivity (Wildman–Crippen MR) is 133 cm³/mol. The maximum atomic E-state index is 13.8. The van der Waals surface area contributed by atoms with Crippen molar-refractivity contribution in [1.82, 2.24) is 14.5 Å². The highest BCUT2D eigenvalue weighted by molar-refractivity contribution is 6.09. The van der Waals surface area contributed by atoms with Crippen molar-refractivity contribution in [1.29, 1.82) is 0 Å². The molecule has 1 amide bonds. The number of carbonyl (C=O) groups excluding carboxylic acids is 1. The number of aryl methyl sites for hydroxylation is 2. The van der Waals surface area contributed by atoms with Crippen molar-refractivity contribution in [2.45, 2.75) is 60.4 Å². The number of unbranched alkanes of at least 4 members (excludes halogenated alkanes) is 1. The predicted octanol–water partition coefficient (Wildman–Crippen LogP) is 3.78. The van der Waals surface area contributed by atoms with E-state index in [9.17, 15) is 14.4 Å². The Morgan fingerprint density at radius 2 is 1.94 bits per heavy atom. The Morgan fingerprint density at radius 1 is 1.21 bits per heavy atom. The van der Waals surface area contributed by atoms with Crippen molar-refractivity contribution in [3.63, 3.8) is 0 Å². The number of anilines is 2. The van der Waals surface area contributed by atoms with Crippen molar-refractivity contribution in [3.05, 3.63) is 61.9 Å². The summed E-state index contributed by atoms with van der Waals surface area (Å²) in [5.41, 5.74) is 7.95. The molecule has 3 aromatic rings. The van der Waals surface area contributed by atoms with E-state index in [0.717, 1.165) is 29.3 Å². The first-order valence-corrected chi connectivity index (χ1v) is 11.5. The third-order valence-electron chi connectivity index (χ3n) is 5.79. The quantitative estimate of drug-likeness (QED) is 0.541. The second-order valence-corrected chi connectivity index (χ2v) is 8.96. The van der Waals surface area contributed by atoms with Gasteiger partial charge in [-0.25, -0.2) is 4.79 Å². The molecule has 0 bridgehead atoms. The van der Waals surface area contributed by atoms with Crippen LogP contribution < -0.4 is 21.9 Å². The van der Waals surface area contributed by atoms with Gasteiger partial charge in [-0.15, -0.1) is 0 Å². The number of aromatic nitrogens is 3. The van der Waals surface area contributed by atoms with Crippen molar-refractivity contribution in [2.75, 3.05) is 17.2 Å². The van der Waals surface area contributed by atoms with Gasteiger partial charge in [0.2, 0.25) is 0 Å². The van der Waals surface area contributed by atoms with Gasteiger partial charge in [0.1, 0.15) is 5.82 Å². The molecule has 2 heterocycles. The van der Waals surface area contributed by atoms with Gasteiger partial charge in [-0.05, 0) is 50.8 Å². The topological polar surface area (TPSA) is 114 Å². The lowest BCUT2D eigenvalue weighted by molar-refractivity contribution is 0.0984. The number of rotatable bonds is 8. The summed E-state index contributed by atoms with van der Waals surface area (Å²) in [6, 6.07) is 7.69. The molecule has 3 N–H and O–H groups in total. The van der Waals surface area contributed by atoms with Crippen LogP contribution in [0.25, 0.3) is 10.9 Å². The van der Waals surface area contributed by atoms with Gasteiger partial charge >= 0.3 is 5.69 Å². The first-order chi connectivity index (χ1) is 15.6. The molecule has 33 heavy (non-hydrogen) atoms. The second-order valence-electron chi connectivity index (χ2n) is 8.96. The highest BCUT2D eigenvalue weighted by Gasteiger charge is 2.27. The van der Waals surface area contributed by atoms with Gasteiger partial charge in [0.15, 0.2) is 5.69 Å². The molecule has 0 unspecified atom stereocenters. The van der Waals surface area contributed by atoms with Crippen molar-refractivity contribution < 1.29 is 4.79 Å². The van der Waals surface area contributed by atoms with E-state index in [1.807, 2.05) is 52.0 Å². The number of hydrogen-bond donors (Lipinski definition) is 2. The number of aromatic amines is 1. The average Bonchev–Trinajstić information content (AvgIpc) is 2.75. The SMILES string of the molecule is CCCCn1c(N)c(N(CCC(C)C)C(=O)c2cc3cc(C)ccc3nc2C)c(=O)[nH]c1=O. The van der Waals surface area contributed by atoms with Crippen LogP contribution in [0.2, 0.25) is 0 Å². The smallest absolute Gasteiger partial charge is 0.330 e. The third kappa shape index (κ3) is 5.16. The van der Waals surface area contributed by atoms with Gasteiger partial charge in [0.05, 0.1) is 16.8 Å². The molecule has 0 fully saturated rings. The van der Waals surface area contributed by atoms with E-state index in [2.05, 4.69) is 9.97 Å². The summed E-state index contributed by atoms with van der Waals surface area (Å²) >= 11 is 0. The normalized spacial score (nSPS) is 11.3. The summed E-state index contributed by atoms with van der Waals surface area (Å²) in [6.45, 7) is 10.5. The average molecular weight is 452 g/mol. The first kappa shape index (κ1) is 24.2.